The second-order valence-electron chi connectivity index (χ2n) is 6.15. The van der Waals surface area contributed by atoms with E-state index in [2.05, 4.69) is 20.6 Å². The van der Waals surface area contributed by atoms with Crippen molar-refractivity contribution in [1.29, 1.82) is 0 Å². The summed E-state index contributed by atoms with van der Waals surface area (Å²) in [7, 11) is 0. The van der Waals surface area contributed by atoms with Crippen LogP contribution in [0.2, 0.25) is 0 Å². The minimum atomic E-state index is -0.408. The van der Waals surface area contributed by atoms with Gasteiger partial charge >= 0.3 is 5.97 Å². The van der Waals surface area contributed by atoms with Gasteiger partial charge in [0.25, 0.3) is 0 Å². The number of para-hydroxylation sites is 1. The number of carbonyl (C=O) groups excluding carboxylic acids is 1. The number of nitrogens with two attached hydrogens (primary N) is 1. The number of aromatic nitrogens is 2. The first-order valence-corrected chi connectivity index (χ1v) is 9.05. The number of nitrogen functional groups attached to an aromatic ring is 1. The number of carbonyl (C=O) groups is 1. The summed E-state index contributed by atoms with van der Waals surface area (Å²) in [6, 6.07) is 17.1. The Balaban J connectivity index is 1.83. The van der Waals surface area contributed by atoms with Crippen LogP contribution in [0.15, 0.2) is 60.9 Å². The number of ether oxygens (including phenoxy) is 1. The molecule has 144 valence electrons. The van der Waals surface area contributed by atoms with E-state index < -0.39 is 5.97 Å². The number of nitrogens with one attached hydrogen (secondary N) is 2. The molecule has 0 aliphatic rings. The highest BCUT2D eigenvalue weighted by atomic mass is 16.5. The van der Waals surface area contributed by atoms with Crippen molar-refractivity contribution in [3.8, 4) is 0 Å². The maximum Gasteiger partial charge on any atom is 0.340 e. The SMILES string of the molecule is CCOC(=O)c1ccccc1Nc1ncnc(NC(C)c2ccccc2)c1N. The van der Waals surface area contributed by atoms with Gasteiger partial charge in [-0.25, -0.2) is 14.8 Å². The Bertz CT molecular complexity index is 947. The summed E-state index contributed by atoms with van der Waals surface area (Å²) in [5.74, 6) is 0.520. The maximum absolute atomic E-state index is 12.2. The highest BCUT2D eigenvalue weighted by molar-refractivity contribution is 5.97. The molecule has 0 fully saturated rings. The van der Waals surface area contributed by atoms with Gasteiger partial charge in [-0.1, -0.05) is 42.5 Å². The van der Waals surface area contributed by atoms with Gasteiger partial charge in [0.1, 0.15) is 12.0 Å². The van der Waals surface area contributed by atoms with Crippen LogP contribution >= 0.6 is 0 Å². The third-order valence-corrected chi connectivity index (χ3v) is 4.21. The summed E-state index contributed by atoms with van der Waals surface area (Å²) in [5, 5.41) is 6.42. The molecule has 3 aromatic rings. The number of nitrogens with zero attached hydrogens (tertiary/aromatic N) is 2. The highest BCUT2D eigenvalue weighted by Gasteiger charge is 2.16. The topological polar surface area (TPSA) is 102 Å². The number of hydrogen-bond donors (Lipinski definition) is 3. The van der Waals surface area contributed by atoms with Crippen LogP contribution in [0.4, 0.5) is 23.0 Å². The van der Waals surface area contributed by atoms with Crippen LogP contribution in [0.25, 0.3) is 0 Å². The third-order valence-electron chi connectivity index (χ3n) is 4.21. The fourth-order valence-electron chi connectivity index (χ4n) is 2.75. The molecule has 1 atom stereocenters. The van der Waals surface area contributed by atoms with Gasteiger partial charge in [-0.05, 0) is 31.5 Å². The van der Waals surface area contributed by atoms with Crippen molar-refractivity contribution >= 4 is 29.0 Å². The largest absolute Gasteiger partial charge is 0.462 e. The van der Waals surface area contributed by atoms with Gasteiger partial charge in [0.2, 0.25) is 0 Å². The lowest BCUT2D eigenvalue weighted by Crippen LogP contribution is -2.12. The van der Waals surface area contributed by atoms with Crippen LogP contribution < -0.4 is 16.4 Å². The van der Waals surface area contributed by atoms with E-state index in [4.69, 9.17) is 10.5 Å². The van der Waals surface area contributed by atoms with E-state index in [1.54, 1.807) is 25.1 Å². The van der Waals surface area contributed by atoms with Crippen molar-refractivity contribution in [2.45, 2.75) is 19.9 Å². The smallest absolute Gasteiger partial charge is 0.340 e. The summed E-state index contributed by atoms with van der Waals surface area (Å²) in [5.41, 5.74) is 8.73. The molecule has 7 nitrogen and oxygen atoms in total. The van der Waals surface area contributed by atoms with Gasteiger partial charge in [-0.2, -0.15) is 0 Å². The van der Waals surface area contributed by atoms with Crippen molar-refractivity contribution in [1.82, 2.24) is 9.97 Å². The Morgan fingerprint density at radius 1 is 1.07 bits per heavy atom. The van der Waals surface area contributed by atoms with Crippen molar-refractivity contribution in [2.24, 2.45) is 0 Å². The molecule has 1 aromatic heterocycles. The molecule has 0 aliphatic carbocycles. The molecule has 0 radical (unpaired) electrons. The number of hydrogen-bond acceptors (Lipinski definition) is 7. The Hall–Kier alpha value is -3.61. The molecule has 1 unspecified atom stereocenters. The first-order valence-electron chi connectivity index (χ1n) is 9.05. The van der Waals surface area contributed by atoms with Gasteiger partial charge in [0.05, 0.1) is 23.9 Å². The van der Waals surface area contributed by atoms with Gasteiger partial charge in [0, 0.05) is 0 Å². The zero-order chi connectivity index (χ0) is 19.9. The standard InChI is InChI=1S/C21H23N5O2/c1-3-28-21(27)16-11-7-8-12-17(16)26-20-18(22)19(23-13-24-20)25-14(2)15-9-5-4-6-10-15/h4-14H,3,22H2,1-2H3,(H2,23,24,25,26). The third kappa shape index (κ3) is 4.37. The second kappa shape index (κ2) is 8.85. The Morgan fingerprint density at radius 2 is 1.75 bits per heavy atom. The van der Waals surface area contributed by atoms with E-state index in [0.717, 1.165) is 5.56 Å². The molecule has 3 rings (SSSR count). The zero-order valence-electron chi connectivity index (χ0n) is 15.8. The Morgan fingerprint density at radius 3 is 2.50 bits per heavy atom. The zero-order valence-corrected chi connectivity index (χ0v) is 15.8. The molecule has 0 spiro atoms. The number of anilines is 4. The monoisotopic (exact) mass is 377 g/mol. The predicted octanol–water partition coefficient (Wildman–Crippen LogP) is 4.15. The first kappa shape index (κ1) is 19.2. The van der Waals surface area contributed by atoms with Crippen LogP contribution in [0.3, 0.4) is 0 Å². The molecular weight excluding hydrogens is 354 g/mol. The fourth-order valence-corrected chi connectivity index (χ4v) is 2.75. The van der Waals surface area contributed by atoms with Crippen LogP contribution in [-0.2, 0) is 4.74 Å². The minimum absolute atomic E-state index is 0.0121. The number of esters is 1. The Labute approximate surface area is 164 Å². The number of rotatable bonds is 7. The van der Waals surface area contributed by atoms with Gasteiger partial charge < -0.3 is 21.1 Å². The molecular formula is C21H23N5O2. The lowest BCUT2D eigenvalue weighted by atomic mass is 10.1. The quantitative estimate of drug-likeness (QED) is 0.532. The van der Waals surface area contributed by atoms with Crippen LogP contribution in [0.1, 0.15) is 35.8 Å². The van der Waals surface area contributed by atoms with Crippen molar-refractivity contribution in [2.75, 3.05) is 23.0 Å². The summed E-state index contributed by atoms with van der Waals surface area (Å²) < 4.78 is 5.11. The van der Waals surface area contributed by atoms with Crippen molar-refractivity contribution in [3.05, 3.63) is 72.1 Å². The summed E-state index contributed by atoms with van der Waals surface area (Å²) in [6.45, 7) is 4.09. The molecule has 0 aliphatic heterocycles. The molecule has 0 saturated carbocycles. The molecule has 4 N–H and O–H groups in total. The molecule has 2 aromatic carbocycles. The average molecular weight is 377 g/mol. The summed E-state index contributed by atoms with van der Waals surface area (Å²) >= 11 is 0. The van der Waals surface area contributed by atoms with Crippen molar-refractivity contribution in [3.63, 3.8) is 0 Å². The highest BCUT2D eigenvalue weighted by Crippen LogP contribution is 2.29. The van der Waals surface area contributed by atoms with E-state index in [9.17, 15) is 4.79 Å². The minimum Gasteiger partial charge on any atom is -0.462 e. The van der Waals surface area contributed by atoms with E-state index in [1.165, 1.54) is 6.33 Å². The van der Waals surface area contributed by atoms with E-state index >= 15 is 0 Å². The molecule has 0 amide bonds. The van der Waals surface area contributed by atoms with E-state index in [0.29, 0.717) is 35.2 Å². The molecule has 1 heterocycles. The lowest BCUT2D eigenvalue weighted by Gasteiger charge is -2.18. The van der Waals surface area contributed by atoms with E-state index in [-0.39, 0.29) is 6.04 Å². The van der Waals surface area contributed by atoms with Gasteiger partial charge in [-0.15, -0.1) is 0 Å². The summed E-state index contributed by atoms with van der Waals surface area (Å²) in [6.07, 6.45) is 1.42. The average Bonchev–Trinajstić information content (AvgIpc) is 2.72. The maximum atomic E-state index is 12.2. The molecule has 28 heavy (non-hydrogen) atoms. The normalized spacial score (nSPS) is 11.5. The van der Waals surface area contributed by atoms with Crippen LogP contribution in [0, 0.1) is 0 Å². The lowest BCUT2D eigenvalue weighted by molar-refractivity contribution is 0.0527. The van der Waals surface area contributed by atoms with Crippen LogP contribution in [-0.4, -0.2) is 22.5 Å². The molecule has 0 bridgehead atoms. The predicted molar refractivity (Wildman–Crippen MR) is 111 cm³/mol. The number of benzene rings is 2. The van der Waals surface area contributed by atoms with Crippen molar-refractivity contribution < 1.29 is 9.53 Å². The van der Waals surface area contributed by atoms with Gasteiger partial charge in [0.15, 0.2) is 11.6 Å². The molecule has 7 heteroatoms. The molecule has 0 saturated heterocycles. The fraction of sp³-hybridized carbons (Fsp3) is 0.190. The van der Waals surface area contributed by atoms with Crippen LogP contribution in [0.5, 0.6) is 0 Å². The first-order chi connectivity index (χ1) is 13.6. The van der Waals surface area contributed by atoms with Gasteiger partial charge in [-0.3, -0.25) is 0 Å². The second-order valence-corrected chi connectivity index (χ2v) is 6.15. The van der Waals surface area contributed by atoms with E-state index in [1.807, 2.05) is 43.3 Å². The Kier molecular flexibility index (Phi) is 6.06. The summed E-state index contributed by atoms with van der Waals surface area (Å²) in [4.78, 5) is 20.6.